The first-order chi connectivity index (χ1) is 12.2. The molecule has 0 aliphatic carbocycles. The monoisotopic (exact) mass is 382 g/mol. The molecule has 0 spiro atoms. The Morgan fingerprint density at radius 3 is 2.81 bits per heavy atom. The van der Waals surface area contributed by atoms with Gasteiger partial charge in [0, 0.05) is 38.2 Å². The number of piperidine rings is 3. The van der Waals surface area contributed by atoms with Crippen LogP contribution in [0, 0.1) is 11.8 Å². The van der Waals surface area contributed by atoms with Gasteiger partial charge >= 0.3 is 0 Å². The van der Waals surface area contributed by atoms with E-state index in [4.69, 9.17) is 4.52 Å². The van der Waals surface area contributed by atoms with Gasteiger partial charge < -0.3 is 19.6 Å². The van der Waals surface area contributed by atoms with E-state index in [2.05, 4.69) is 15.4 Å². The second kappa shape index (κ2) is 8.39. The molecular formula is C18H27ClN4O3. The van der Waals surface area contributed by atoms with E-state index in [9.17, 15) is 9.59 Å². The standard InChI is InChI=1S/C18H26N4O3.ClH/c23-17-2-1-14-12-21(18(24)15-6-10-25-20-15)9-5-16(14)22(17)11-13-3-7-19-8-4-13;/h6,10,13-14,16,19H,1-5,7-9,11-12H2;1H/t14-,16+;/m0./s1. The molecule has 0 radical (unpaired) electrons. The number of hydrogen-bond acceptors (Lipinski definition) is 5. The van der Waals surface area contributed by atoms with Crippen LogP contribution in [0.4, 0.5) is 0 Å². The van der Waals surface area contributed by atoms with Crippen molar-refractivity contribution in [2.45, 2.75) is 38.1 Å². The number of fused-ring (bicyclic) bond motifs is 1. The molecule has 4 rings (SSSR count). The maximum atomic E-state index is 12.5. The number of amides is 2. The van der Waals surface area contributed by atoms with Crippen molar-refractivity contribution >= 4 is 24.2 Å². The van der Waals surface area contributed by atoms with Crippen LogP contribution in [-0.2, 0) is 4.79 Å². The molecule has 0 bridgehead atoms. The van der Waals surface area contributed by atoms with Crippen LogP contribution < -0.4 is 5.32 Å². The molecule has 1 aromatic rings. The van der Waals surface area contributed by atoms with Gasteiger partial charge in [-0.25, -0.2) is 0 Å². The fourth-order valence-corrected chi connectivity index (χ4v) is 4.60. The summed E-state index contributed by atoms with van der Waals surface area (Å²) in [5.74, 6) is 1.23. The molecule has 3 aliphatic heterocycles. The highest BCUT2D eigenvalue weighted by molar-refractivity contribution is 5.92. The van der Waals surface area contributed by atoms with E-state index in [0.717, 1.165) is 45.3 Å². The molecule has 3 fully saturated rings. The molecule has 0 saturated carbocycles. The van der Waals surface area contributed by atoms with Gasteiger partial charge in [0.15, 0.2) is 5.69 Å². The van der Waals surface area contributed by atoms with E-state index < -0.39 is 0 Å². The Bertz CT molecular complexity index is 618. The number of nitrogens with one attached hydrogen (secondary N) is 1. The Kier molecular flexibility index (Phi) is 6.19. The average molecular weight is 383 g/mol. The minimum atomic E-state index is -0.0611. The topological polar surface area (TPSA) is 78.7 Å². The van der Waals surface area contributed by atoms with E-state index >= 15 is 0 Å². The van der Waals surface area contributed by atoms with Gasteiger partial charge in [0.1, 0.15) is 6.26 Å². The number of hydrogen-bond donors (Lipinski definition) is 1. The summed E-state index contributed by atoms with van der Waals surface area (Å²) in [7, 11) is 0. The van der Waals surface area contributed by atoms with E-state index in [-0.39, 0.29) is 24.4 Å². The van der Waals surface area contributed by atoms with Crippen molar-refractivity contribution in [3.63, 3.8) is 0 Å². The van der Waals surface area contributed by atoms with Gasteiger partial charge in [0.25, 0.3) is 5.91 Å². The fraction of sp³-hybridized carbons (Fsp3) is 0.722. The third-order valence-corrected chi connectivity index (χ3v) is 6.00. The van der Waals surface area contributed by atoms with Gasteiger partial charge in [-0.3, -0.25) is 9.59 Å². The number of carbonyl (C=O) groups is 2. The Balaban J connectivity index is 0.00000196. The first kappa shape index (κ1) is 19.2. The Hall–Kier alpha value is -1.60. The lowest BCUT2D eigenvalue weighted by atomic mass is 9.82. The van der Waals surface area contributed by atoms with Crippen LogP contribution in [0.3, 0.4) is 0 Å². The van der Waals surface area contributed by atoms with Crippen molar-refractivity contribution in [2.75, 3.05) is 32.7 Å². The summed E-state index contributed by atoms with van der Waals surface area (Å²) in [5.41, 5.74) is 0.372. The van der Waals surface area contributed by atoms with Gasteiger partial charge in [-0.05, 0) is 50.6 Å². The minimum absolute atomic E-state index is 0. The largest absolute Gasteiger partial charge is 0.364 e. The zero-order valence-corrected chi connectivity index (χ0v) is 15.7. The van der Waals surface area contributed by atoms with Crippen LogP contribution in [0.2, 0.25) is 0 Å². The molecule has 8 heteroatoms. The van der Waals surface area contributed by atoms with E-state index in [0.29, 0.717) is 42.9 Å². The maximum Gasteiger partial charge on any atom is 0.276 e. The molecule has 2 amide bonds. The number of likely N-dealkylation sites (tertiary alicyclic amines) is 2. The van der Waals surface area contributed by atoms with E-state index in [1.807, 2.05) is 4.90 Å². The first-order valence-corrected chi connectivity index (χ1v) is 9.42. The summed E-state index contributed by atoms with van der Waals surface area (Å²) in [6.45, 7) is 4.40. The van der Waals surface area contributed by atoms with Gasteiger partial charge in [-0.2, -0.15) is 0 Å². The van der Waals surface area contributed by atoms with Crippen LogP contribution in [0.25, 0.3) is 0 Å². The molecular weight excluding hydrogens is 356 g/mol. The first-order valence-electron chi connectivity index (χ1n) is 9.42. The molecule has 144 valence electrons. The lowest BCUT2D eigenvalue weighted by Crippen LogP contribution is -2.58. The van der Waals surface area contributed by atoms with E-state index in [1.165, 1.54) is 6.26 Å². The lowest BCUT2D eigenvalue weighted by molar-refractivity contribution is -0.141. The highest BCUT2D eigenvalue weighted by Gasteiger charge is 2.41. The van der Waals surface area contributed by atoms with Gasteiger partial charge in [0.2, 0.25) is 5.91 Å². The number of nitrogens with zero attached hydrogens (tertiary/aromatic N) is 3. The molecule has 1 N–H and O–H groups in total. The SMILES string of the molecule is Cl.O=C(c1ccon1)N1CC[C@@H]2[C@@H](CCC(=O)N2CC2CCNCC2)C1. The lowest BCUT2D eigenvalue weighted by Gasteiger charge is -2.48. The van der Waals surface area contributed by atoms with Crippen molar-refractivity contribution in [3.05, 3.63) is 18.0 Å². The summed E-state index contributed by atoms with van der Waals surface area (Å²) in [5, 5.41) is 7.15. The van der Waals surface area contributed by atoms with Crippen molar-refractivity contribution in [1.29, 1.82) is 0 Å². The molecule has 7 nitrogen and oxygen atoms in total. The van der Waals surface area contributed by atoms with Gasteiger partial charge in [-0.1, -0.05) is 5.16 Å². The molecule has 0 unspecified atom stereocenters. The molecule has 26 heavy (non-hydrogen) atoms. The van der Waals surface area contributed by atoms with E-state index in [1.54, 1.807) is 6.07 Å². The summed E-state index contributed by atoms with van der Waals surface area (Å²) < 4.78 is 4.79. The third-order valence-electron chi connectivity index (χ3n) is 6.00. The predicted octanol–water partition coefficient (Wildman–Crippen LogP) is 1.55. The van der Waals surface area contributed by atoms with Crippen LogP contribution >= 0.6 is 12.4 Å². The summed E-state index contributed by atoms with van der Waals surface area (Å²) in [6.07, 6.45) is 6.09. The molecule has 3 saturated heterocycles. The zero-order valence-electron chi connectivity index (χ0n) is 14.9. The quantitative estimate of drug-likeness (QED) is 0.858. The van der Waals surface area contributed by atoms with Crippen LogP contribution in [-0.4, -0.2) is 65.5 Å². The van der Waals surface area contributed by atoms with Gasteiger partial charge in [-0.15, -0.1) is 12.4 Å². The van der Waals surface area contributed by atoms with Crippen LogP contribution in [0.1, 0.15) is 42.6 Å². The predicted molar refractivity (Wildman–Crippen MR) is 98.1 cm³/mol. The fourth-order valence-electron chi connectivity index (χ4n) is 4.60. The number of carbonyl (C=O) groups excluding carboxylic acids is 2. The summed E-state index contributed by atoms with van der Waals surface area (Å²) in [6, 6.07) is 1.90. The Morgan fingerprint density at radius 1 is 1.27 bits per heavy atom. The van der Waals surface area contributed by atoms with Crippen molar-refractivity contribution in [3.8, 4) is 0 Å². The molecule has 4 heterocycles. The minimum Gasteiger partial charge on any atom is -0.364 e. The maximum absolute atomic E-state index is 12.5. The van der Waals surface area contributed by atoms with Crippen molar-refractivity contribution < 1.29 is 14.1 Å². The highest BCUT2D eigenvalue weighted by atomic mass is 35.5. The number of halogens is 1. The number of aromatic nitrogens is 1. The summed E-state index contributed by atoms with van der Waals surface area (Å²) >= 11 is 0. The molecule has 2 atom stereocenters. The molecule has 3 aliphatic rings. The number of rotatable bonds is 3. The second-order valence-corrected chi connectivity index (χ2v) is 7.53. The smallest absolute Gasteiger partial charge is 0.276 e. The molecule has 1 aromatic heterocycles. The second-order valence-electron chi connectivity index (χ2n) is 7.53. The molecule has 0 aromatic carbocycles. The van der Waals surface area contributed by atoms with Crippen molar-refractivity contribution in [2.24, 2.45) is 11.8 Å². The van der Waals surface area contributed by atoms with Gasteiger partial charge in [0.05, 0.1) is 0 Å². The van der Waals surface area contributed by atoms with Crippen LogP contribution in [0.5, 0.6) is 0 Å². The highest BCUT2D eigenvalue weighted by Crippen LogP contribution is 2.33. The normalized spacial score (nSPS) is 27.0. The van der Waals surface area contributed by atoms with Crippen LogP contribution in [0.15, 0.2) is 16.9 Å². The summed E-state index contributed by atoms with van der Waals surface area (Å²) in [4.78, 5) is 29.1. The third kappa shape index (κ3) is 3.88. The van der Waals surface area contributed by atoms with Crippen molar-refractivity contribution in [1.82, 2.24) is 20.3 Å². The zero-order chi connectivity index (χ0) is 17.2. The Labute approximate surface area is 159 Å². The average Bonchev–Trinajstić information content (AvgIpc) is 3.19. The Morgan fingerprint density at radius 2 is 2.08 bits per heavy atom.